The van der Waals surface area contributed by atoms with Crippen molar-refractivity contribution in [2.24, 2.45) is 0 Å². The fraction of sp³-hybridized carbons (Fsp3) is 0.600. The molecular formula is C15H23N3O2. The molecule has 2 heterocycles. The van der Waals surface area contributed by atoms with Gasteiger partial charge in [-0.05, 0) is 32.9 Å². The Kier molecular flexibility index (Phi) is 4.40. The molecule has 2 rings (SSSR count). The van der Waals surface area contributed by atoms with E-state index < -0.39 is 5.60 Å². The second-order valence-corrected chi connectivity index (χ2v) is 6.07. The molecule has 1 N–H and O–H groups in total. The van der Waals surface area contributed by atoms with Gasteiger partial charge in [0.15, 0.2) is 0 Å². The van der Waals surface area contributed by atoms with E-state index in [-0.39, 0.29) is 5.91 Å². The van der Waals surface area contributed by atoms with Gasteiger partial charge in [0.2, 0.25) is 0 Å². The summed E-state index contributed by atoms with van der Waals surface area (Å²) in [5.74, 6) is 0.0680. The van der Waals surface area contributed by atoms with E-state index in [9.17, 15) is 9.90 Å². The minimum absolute atomic E-state index is 0.0680. The molecule has 0 spiro atoms. The first-order chi connectivity index (χ1) is 9.35. The Hall–Kier alpha value is -1.46. The zero-order valence-electron chi connectivity index (χ0n) is 12.5. The molecule has 1 saturated heterocycles. The van der Waals surface area contributed by atoms with Gasteiger partial charge in [-0.3, -0.25) is 14.7 Å². The molecule has 0 bridgehead atoms. The third-order valence-corrected chi connectivity index (χ3v) is 3.41. The van der Waals surface area contributed by atoms with Crippen LogP contribution in [0.2, 0.25) is 0 Å². The Morgan fingerprint density at radius 3 is 2.55 bits per heavy atom. The second kappa shape index (κ2) is 5.89. The molecule has 1 aliphatic heterocycles. The molecule has 1 aromatic heterocycles. The summed E-state index contributed by atoms with van der Waals surface area (Å²) in [4.78, 5) is 20.6. The second-order valence-electron chi connectivity index (χ2n) is 6.07. The lowest BCUT2D eigenvalue weighted by atomic mass is 10.1. The van der Waals surface area contributed by atoms with Gasteiger partial charge in [-0.25, -0.2) is 0 Å². The van der Waals surface area contributed by atoms with Crippen LogP contribution in [0.15, 0.2) is 18.3 Å². The number of pyridine rings is 1. The van der Waals surface area contributed by atoms with Crippen molar-refractivity contribution in [1.82, 2.24) is 14.8 Å². The van der Waals surface area contributed by atoms with Crippen LogP contribution in [-0.2, 0) is 0 Å². The molecule has 0 aliphatic carbocycles. The monoisotopic (exact) mass is 277 g/mol. The molecule has 1 aliphatic rings. The van der Waals surface area contributed by atoms with Crippen LogP contribution in [0.25, 0.3) is 0 Å². The zero-order chi connectivity index (χ0) is 14.8. The third kappa shape index (κ3) is 4.02. The maximum absolute atomic E-state index is 12.4. The van der Waals surface area contributed by atoms with E-state index in [4.69, 9.17) is 0 Å². The fourth-order valence-electron chi connectivity index (χ4n) is 2.52. The summed E-state index contributed by atoms with van der Waals surface area (Å²) in [6.07, 6.45) is 1.67. The number of aliphatic hydroxyl groups is 1. The number of amides is 1. The van der Waals surface area contributed by atoms with Gasteiger partial charge in [-0.15, -0.1) is 0 Å². The Labute approximate surface area is 120 Å². The molecule has 0 atom stereocenters. The van der Waals surface area contributed by atoms with E-state index in [1.807, 2.05) is 31.7 Å². The maximum Gasteiger partial charge on any atom is 0.254 e. The summed E-state index contributed by atoms with van der Waals surface area (Å²) in [7, 11) is 0. The van der Waals surface area contributed by atoms with Gasteiger partial charge < -0.3 is 10.0 Å². The van der Waals surface area contributed by atoms with Crippen molar-refractivity contribution < 1.29 is 9.90 Å². The molecule has 0 aromatic carbocycles. The Morgan fingerprint density at radius 1 is 1.35 bits per heavy atom. The maximum atomic E-state index is 12.4. The lowest BCUT2D eigenvalue weighted by molar-refractivity contribution is 0.0178. The Balaban J connectivity index is 1.92. The largest absolute Gasteiger partial charge is 0.389 e. The van der Waals surface area contributed by atoms with Crippen molar-refractivity contribution in [2.75, 3.05) is 32.7 Å². The molecule has 5 nitrogen and oxygen atoms in total. The SMILES string of the molecule is Cc1cc(C(=O)N2CCN(CC(C)(C)O)CC2)ccn1. The number of hydrogen-bond acceptors (Lipinski definition) is 4. The van der Waals surface area contributed by atoms with E-state index in [0.29, 0.717) is 25.2 Å². The van der Waals surface area contributed by atoms with Crippen LogP contribution < -0.4 is 0 Å². The normalized spacial score (nSPS) is 17.3. The molecule has 1 fully saturated rings. The smallest absolute Gasteiger partial charge is 0.254 e. The summed E-state index contributed by atoms with van der Waals surface area (Å²) in [5.41, 5.74) is 0.874. The van der Waals surface area contributed by atoms with E-state index in [1.54, 1.807) is 12.3 Å². The van der Waals surface area contributed by atoms with Crippen LogP contribution in [0.5, 0.6) is 0 Å². The first-order valence-electron chi connectivity index (χ1n) is 7.02. The zero-order valence-corrected chi connectivity index (χ0v) is 12.5. The molecule has 0 radical (unpaired) electrons. The average Bonchev–Trinajstić information content (AvgIpc) is 2.37. The molecule has 0 unspecified atom stereocenters. The van der Waals surface area contributed by atoms with Gasteiger partial charge in [-0.1, -0.05) is 0 Å². The Bertz CT molecular complexity index is 474. The van der Waals surface area contributed by atoms with Crippen molar-refractivity contribution in [3.8, 4) is 0 Å². The lowest BCUT2D eigenvalue weighted by Crippen LogP contribution is -2.52. The topological polar surface area (TPSA) is 56.7 Å². The summed E-state index contributed by atoms with van der Waals surface area (Å²) < 4.78 is 0. The standard InChI is InChI=1S/C15H23N3O2/c1-12-10-13(4-5-16-12)14(19)18-8-6-17(7-9-18)11-15(2,3)20/h4-5,10,20H,6-9,11H2,1-3H3. The van der Waals surface area contributed by atoms with Crippen molar-refractivity contribution in [3.63, 3.8) is 0 Å². The first kappa shape index (κ1) is 14.9. The predicted octanol–water partition coefficient (Wildman–Crippen LogP) is 0.919. The van der Waals surface area contributed by atoms with Gasteiger partial charge in [-0.2, -0.15) is 0 Å². The third-order valence-electron chi connectivity index (χ3n) is 3.41. The van der Waals surface area contributed by atoms with Crippen LogP contribution in [0, 0.1) is 6.92 Å². The van der Waals surface area contributed by atoms with Gasteiger partial charge in [0.05, 0.1) is 5.60 Å². The van der Waals surface area contributed by atoms with E-state index in [0.717, 1.165) is 18.8 Å². The van der Waals surface area contributed by atoms with Gasteiger partial charge in [0, 0.05) is 50.2 Å². The Morgan fingerprint density at radius 2 is 2.00 bits per heavy atom. The van der Waals surface area contributed by atoms with E-state index in [1.165, 1.54) is 0 Å². The van der Waals surface area contributed by atoms with Gasteiger partial charge in [0.1, 0.15) is 0 Å². The summed E-state index contributed by atoms with van der Waals surface area (Å²) in [6.45, 7) is 9.17. The van der Waals surface area contributed by atoms with Crippen LogP contribution in [0.3, 0.4) is 0 Å². The van der Waals surface area contributed by atoms with Crippen LogP contribution in [0.1, 0.15) is 29.9 Å². The molecule has 110 valence electrons. The average molecular weight is 277 g/mol. The first-order valence-corrected chi connectivity index (χ1v) is 7.02. The minimum Gasteiger partial charge on any atom is -0.389 e. The molecular weight excluding hydrogens is 254 g/mol. The quantitative estimate of drug-likeness (QED) is 0.892. The lowest BCUT2D eigenvalue weighted by Gasteiger charge is -2.37. The van der Waals surface area contributed by atoms with E-state index >= 15 is 0 Å². The molecule has 0 saturated carbocycles. The van der Waals surface area contributed by atoms with Crippen LogP contribution in [0.4, 0.5) is 0 Å². The van der Waals surface area contributed by atoms with Gasteiger partial charge in [0.25, 0.3) is 5.91 Å². The highest BCUT2D eigenvalue weighted by Gasteiger charge is 2.25. The van der Waals surface area contributed by atoms with Crippen LogP contribution in [-0.4, -0.2) is 64.1 Å². The van der Waals surface area contributed by atoms with Crippen molar-refractivity contribution in [2.45, 2.75) is 26.4 Å². The number of nitrogens with zero attached hydrogens (tertiary/aromatic N) is 3. The highest BCUT2D eigenvalue weighted by molar-refractivity contribution is 5.94. The molecule has 1 amide bonds. The predicted molar refractivity (Wildman–Crippen MR) is 77.6 cm³/mol. The number of rotatable bonds is 3. The van der Waals surface area contributed by atoms with Crippen molar-refractivity contribution in [3.05, 3.63) is 29.6 Å². The van der Waals surface area contributed by atoms with Crippen molar-refractivity contribution >= 4 is 5.91 Å². The number of carbonyl (C=O) groups excluding carboxylic acids is 1. The number of piperazine rings is 1. The number of carbonyl (C=O) groups is 1. The molecule has 1 aromatic rings. The fourth-order valence-corrected chi connectivity index (χ4v) is 2.52. The molecule has 5 heteroatoms. The number of aromatic nitrogens is 1. The highest BCUT2D eigenvalue weighted by atomic mass is 16.3. The van der Waals surface area contributed by atoms with E-state index in [2.05, 4.69) is 9.88 Å². The number of hydrogen-bond donors (Lipinski definition) is 1. The number of β-amino-alcohol motifs (C(OH)–C–C–N with tert-alkyl or cyclic N) is 1. The molecule has 20 heavy (non-hydrogen) atoms. The number of aryl methyl sites for hydroxylation is 1. The summed E-state index contributed by atoms with van der Waals surface area (Å²) in [5, 5.41) is 9.82. The minimum atomic E-state index is -0.686. The summed E-state index contributed by atoms with van der Waals surface area (Å²) >= 11 is 0. The highest BCUT2D eigenvalue weighted by Crippen LogP contribution is 2.12. The summed E-state index contributed by atoms with van der Waals surface area (Å²) in [6, 6.07) is 3.59. The van der Waals surface area contributed by atoms with Crippen LogP contribution >= 0.6 is 0 Å². The van der Waals surface area contributed by atoms with Crippen molar-refractivity contribution in [1.29, 1.82) is 0 Å². The van der Waals surface area contributed by atoms with Gasteiger partial charge >= 0.3 is 0 Å².